The maximum atomic E-state index is 13.1. The fraction of sp³-hybridized carbons (Fsp3) is 0.158. The molecule has 0 aliphatic carbocycles. The van der Waals surface area contributed by atoms with E-state index in [1.165, 1.54) is 28.9 Å². The number of carbonyl (C=O) groups excluding carboxylic acids is 1. The molecule has 3 N–H and O–H groups in total. The number of ether oxygens (including phenoxy) is 1. The van der Waals surface area contributed by atoms with Crippen LogP contribution >= 0.6 is 23.4 Å². The molecular formula is C19H19ClN4O4S2. The van der Waals surface area contributed by atoms with E-state index < -0.39 is 15.7 Å². The van der Waals surface area contributed by atoms with Crippen LogP contribution in [0.4, 0.5) is 11.5 Å². The molecule has 0 saturated heterocycles. The highest BCUT2D eigenvalue weighted by Crippen LogP contribution is 2.34. The molecule has 0 aliphatic rings. The molecule has 0 atom stereocenters. The number of hydrogen-bond donors (Lipinski definition) is 2. The van der Waals surface area contributed by atoms with Gasteiger partial charge < -0.3 is 15.8 Å². The van der Waals surface area contributed by atoms with Gasteiger partial charge in [-0.05, 0) is 54.8 Å². The molecule has 3 aromatic rings. The first kappa shape index (κ1) is 22.0. The van der Waals surface area contributed by atoms with E-state index >= 15 is 0 Å². The topological polar surface area (TPSA) is 116 Å². The number of benzene rings is 2. The first-order valence-corrected chi connectivity index (χ1v) is 11.7. The molecule has 0 unspecified atom stereocenters. The number of hydrogen-bond acceptors (Lipinski definition) is 7. The third kappa shape index (κ3) is 4.55. The molecule has 0 aliphatic heterocycles. The van der Waals surface area contributed by atoms with Gasteiger partial charge in [-0.25, -0.2) is 13.1 Å². The molecule has 1 aromatic heterocycles. The van der Waals surface area contributed by atoms with Gasteiger partial charge in [-0.15, -0.1) is 11.8 Å². The van der Waals surface area contributed by atoms with Crippen LogP contribution in [-0.2, 0) is 21.2 Å². The van der Waals surface area contributed by atoms with Gasteiger partial charge >= 0.3 is 0 Å². The standard InChI is InChI=1S/C19H19ClN4O4S2/c1-28-14-7-5-13(6-8-14)22-16(25)11-24-18(21)17(19(23-24)29-2)30(26,27)15-9-3-12(20)4-10-15/h3-10H,11,21H2,1-2H3,(H,22,25). The number of carbonyl (C=O) groups is 1. The minimum Gasteiger partial charge on any atom is -0.497 e. The van der Waals surface area contributed by atoms with Gasteiger partial charge in [0.15, 0.2) is 0 Å². The fourth-order valence-electron chi connectivity index (χ4n) is 2.68. The van der Waals surface area contributed by atoms with Crippen LogP contribution < -0.4 is 15.8 Å². The summed E-state index contributed by atoms with van der Waals surface area (Å²) in [6.07, 6.45) is 1.68. The van der Waals surface area contributed by atoms with Gasteiger partial charge in [0.25, 0.3) is 0 Å². The van der Waals surface area contributed by atoms with Gasteiger partial charge in [-0.3, -0.25) is 4.79 Å². The summed E-state index contributed by atoms with van der Waals surface area (Å²) >= 11 is 6.98. The van der Waals surface area contributed by atoms with Crippen LogP contribution in [0.25, 0.3) is 0 Å². The summed E-state index contributed by atoms with van der Waals surface area (Å²) in [7, 11) is -2.40. The van der Waals surface area contributed by atoms with Crippen molar-refractivity contribution in [3.8, 4) is 5.75 Å². The largest absolute Gasteiger partial charge is 0.497 e. The van der Waals surface area contributed by atoms with E-state index in [9.17, 15) is 13.2 Å². The first-order chi connectivity index (χ1) is 14.3. The number of methoxy groups -OCH3 is 1. The van der Waals surface area contributed by atoms with Gasteiger partial charge in [0.2, 0.25) is 15.7 Å². The number of rotatable bonds is 7. The van der Waals surface area contributed by atoms with E-state index in [0.29, 0.717) is 16.5 Å². The van der Waals surface area contributed by atoms with Gasteiger partial charge in [0.1, 0.15) is 28.0 Å². The highest BCUT2D eigenvalue weighted by Gasteiger charge is 2.29. The van der Waals surface area contributed by atoms with Gasteiger partial charge in [-0.2, -0.15) is 5.10 Å². The van der Waals surface area contributed by atoms with E-state index in [2.05, 4.69) is 10.4 Å². The lowest BCUT2D eigenvalue weighted by Gasteiger charge is -2.08. The molecule has 11 heteroatoms. The molecule has 0 radical (unpaired) electrons. The number of halogens is 1. The van der Waals surface area contributed by atoms with Crippen molar-refractivity contribution in [2.75, 3.05) is 24.4 Å². The minimum atomic E-state index is -3.94. The molecule has 0 saturated carbocycles. The van der Waals surface area contributed by atoms with Crippen molar-refractivity contribution < 1.29 is 17.9 Å². The molecule has 0 bridgehead atoms. The summed E-state index contributed by atoms with van der Waals surface area (Å²) in [6, 6.07) is 12.6. The van der Waals surface area contributed by atoms with Crippen LogP contribution in [0.5, 0.6) is 5.75 Å². The van der Waals surface area contributed by atoms with Crippen LogP contribution in [-0.4, -0.2) is 37.5 Å². The molecule has 1 heterocycles. The highest BCUT2D eigenvalue weighted by atomic mass is 35.5. The number of anilines is 2. The van der Waals surface area contributed by atoms with Crippen molar-refractivity contribution in [1.29, 1.82) is 0 Å². The third-order valence-electron chi connectivity index (χ3n) is 4.17. The number of nitrogens with zero attached hydrogens (tertiary/aromatic N) is 2. The number of thioether (sulfide) groups is 1. The van der Waals surface area contributed by atoms with Crippen molar-refractivity contribution in [2.24, 2.45) is 0 Å². The summed E-state index contributed by atoms with van der Waals surface area (Å²) in [6.45, 7) is -0.248. The van der Waals surface area contributed by atoms with Crippen molar-refractivity contribution >= 4 is 50.6 Å². The fourth-order valence-corrected chi connectivity index (χ4v) is 5.24. The number of nitrogens with two attached hydrogens (primary N) is 1. The van der Waals surface area contributed by atoms with Gasteiger partial charge in [0.05, 0.1) is 12.0 Å². The number of aromatic nitrogens is 2. The smallest absolute Gasteiger partial charge is 0.246 e. The zero-order valence-corrected chi connectivity index (χ0v) is 18.5. The molecule has 2 aromatic carbocycles. The summed E-state index contributed by atoms with van der Waals surface area (Å²) in [5, 5.41) is 7.55. The van der Waals surface area contributed by atoms with E-state index in [0.717, 1.165) is 11.8 Å². The number of nitrogens with one attached hydrogen (secondary N) is 1. The zero-order chi connectivity index (χ0) is 21.9. The first-order valence-electron chi connectivity index (χ1n) is 8.61. The van der Waals surface area contributed by atoms with Crippen LogP contribution in [0.2, 0.25) is 5.02 Å². The molecule has 0 fully saturated rings. The monoisotopic (exact) mass is 466 g/mol. The Labute approximate surface area is 183 Å². The van der Waals surface area contributed by atoms with Crippen molar-refractivity contribution in [3.63, 3.8) is 0 Å². The average molecular weight is 467 g/mol. The zero-order valence-electron chi connectivity index (χ0n) is 16.1. The molecule has 0 spiro atoms. The van der Waals surface area contributed by atoms with Crippen LogP contribution in [0, 0.1) is 0 Å². The molecule has 30 heavy (non-hydrogen) atoms. The highest BCUT2D eigenvalue weighted by molar-refractivity contribution is 7.99. The lowest BCUT2D eigenvalue weighted by Crippen LogP contribution is -2.21. The predicted molar refractivity (Wildman–Crippen MR) is 117 cm³/mol. The van der Waals surface area contributed by atoms with Gasteiger partial charge in [-0.1, -0.05) is 11.6 Å². The second-order valence-corrected chi connectivity index (χ2v) is 9.23. The van der Waals surface area contributed by atoms with Crippen LogP contribution in [0.15, 0.2) is 63.3 Å². The van der Waals surface area contributed by atoms with E-state index in [1.807, 2.05) is 0 Å². The Kier molecular flexibility index (Phi) is 6.59. The summed E-state index contributed by atoms with van der Waals surface area (Å²) in [5.74, 6) is 0.141. The summed E-state index contributed by atoms with van der Waals surface area (Å²) < 4.78 is 32.4. The van der Waals surface area contributed by atoms with Crippen LogP contribution in [0.1, 0.15) is 0 Å². The Bertz CT molecular complexity index is 1160. The second-order valence-electron chi connectivity index (χ2n) is 6.12. The van der Waals surface area contributed by atoms with E-state index in [1.54, 1.807) is 37.6 Å². The number of nitrogen functional groups attached to an aromatic ring is 1. The molecular weight excluding hydrogens is 448 g/mol. The quantitative estimate of drug-likeness (QED) is 0.513. The average Bonchev–Trinajstić information content (AvgIpc) is 3.04. The lowest BCUT2D eigenvalue weighted by atomic mass is 10.3. The summed E-state index contributed by atoms with van der Waals surface area (Å²) in [4.78, 5) is 12.3. The van der Waals surface area contributed by atoms with Crippen molar-refractivity contribution in [3.05, 3.63) is 53.6 Å². The molecule has 1 amide bonds. The normalized spacial score (nSPS) is 11.3. The summed E-state index contributed by atoms with van der Waals surface area (Å²) in [5.41, 5.74) is 6.66. The maximum absolute atomic E-state index is 13.1. The third-order valence-corrected chi connectivity index (χ3v) is 7.06. The predicted octanol–water partition coefficient (Wildman–Crippen LogP) is 3.32. The Morgan fingerprint density at radius 1 is 1.20 bits per heavy atom. The SMILES string of the molecule is COc1ccc(NC(=O)Cn2nc(SC)c(S(=O)(=O)c3ccc(Cl)cc3)c2N)cc1. The van der Waals surface area contributed by atoms with Gasteiger partial charge in [0, 0.05) is 10.7 Å². The Hall–Kier alpha value is -2.69. The molecule has 8 nitrogen and oxygen atoms in total. The maximum Gasteiger partial charge on any atom is 0.246 e. The number of amides is 1. The second kappa shape index (κ2) is 8.99. The Morgan fingerprint density at radius 2 is 1.83 bits per heavy atom. The minimum absolute atomic E-state index is 0.0381. The molecule has 158 valence electrons. The lowest BCUT2D eigenvalue weighted by molar-refractivity contribution is -0.116. The molecule has 3 rings (SSSR count). The Morgan fingerprint density at radius 3 is 2.40 bits per heavy atom. The van der Waals surface area contributed by atoms with Crippen molar-refractivity contribution in [1.82, 2.24) is 9.78 Å². The van der Waals surface area contributed by atoms with E-state index in [4.69, 9.17) is 22.1 Å². The van der Waals surface area contributed by atoms with Crippen LogP contribution in [0.3, 0.4) is 0 Å². The van der Waals surface area contributed by atoms with E-state index in [-0.39, 0.29) is 27.2 Å². The Balaban J connectivity index is 1.87. The van der Waals surface area contributed by atoms with Crippen molar-refractivity contribution in [2.45, 2.75) is 21.4 Å². The number of sulfone groups is 1.